The van der Waals surface area contributed by atoms with Gasteiger partial charge in [-0.3, -0.25) is 19.4 Å². The number of pyridine rings is 1. The number of piperidine rings is 2. The Bertz CT molecular complexity index is 1980. The Morgan fingerprint density at radius 1 is 0.881 bits per heavy atom. The number of halogens is 6. The first-order valence-electron chi connectivity index (χ1n) is 20.0. The molecule has 3 atom stereocenters. The van der Waals surface area contributed by atoms with E-state index < -0.39 is 69.6 Å². The molecule has 0 radical (unpaired) electrons. The molecule has 1 saturated carbocycles. The highest BCUT2D eigenvalue weighted by Crippen LogP contribution is 2.46. The van der Waals surface area contributed by atoms with Crippen LogP contribution in [0.5, 0.6) is 11.5 Å². The van der Waals surface area contributed by atoms with Crippen molar-refractivity contribution < 1.29 is 60.4 Å². The number of rotatable bonds is 13. The van der Waals surface area contributed by atoms with E-state index in [2.05, 4.69) is 4.98 Å². The topological polar surface area (TPSA) is 130 Å². The number of carbonyl (C=O) groups excluding carboxylic acids is 2. The van der Waals surface area contributed by atoms with Crippen LogP contribution in [0.25, 0.3) is 0 Å². The van der Waals surface area contributed by atoms with Crippen LogP contribution in [0, 0.1) is 5.41 Å². The van der Waals surface area contributed by atoms with Crippen molar-refractivity contribution in [1.82, 2.24) is 14.8 Å². The number of ether oxygens (including phenoxy) is 2. The molecule has 2 amide bonds. The number of hydrogen-bond acceptors (Lipinski definition) is 7. The number of benzene rings is 2. The molecule has 6 rings (SSSR count). The van der Waals surface area contributed by atoms with Crippen LogP contribution in [0.3, 0.4) is 0 Å². The van der Waals surface area contributed by atoms with Gasteiger partial charge >= 0.3 is 18.3 Å². The maximum Gasteiger partial charge on any atom is 0.418 e. The summed E-state index contributed by atoms with van der Waals surface area (Å²) in [5.41, 5.74) is -6.70. The van der Waals surface area contributed by atoms with Gasteiger partial charge < -0.3 is 29.5 Å². The number of likely N-dealkylation sites (tertiary alicyclic amines) is 2. The largest absolute Gasteiger partial charge is 0.490 e. The maximum atomic E-state index is 15.1. The van der Waals surface area contributed by atoms with Crippen molar-refractivity contribution in [1.29, 1.82) is 0 Å². The van der Waals surface area contributed by atoms with Gasteiger partial charge in [-0.1, -0.05) is 38.0 Å². The molecule has 3 fully saturated rings. The molecule has 3 aromatic rings. The Morgan fingerprint density at radius 3 is 2.15 bits per heavy atom. The SMILES string of the molecule is CCCC1N(C(=O)c2ncccc2C(F)(F)F)CCCC1(Oc1ccc(C(F)(F)F)cc1)C(=O)N1CCC(O)(c2ccccc2OC(C)CCC2(C(=O)O)CCC2)CC1. The molecule has 59 heavy (non-hydrogen) atoms. The molecular weight excluding hydrogens is 784 g/mol. The highest BCUT2D eigenvalue weighted by molar-refractivity contribution is 5.96. The normalized spacial score (nSPS) is 22.2. The molecule has 3 heterocycles. The van der Waals surface area contributed by atoms with Gasteiger partial charge in [0.1, 0.15) is 17.2 Å². The fourth-order valence-corrected chi connectivity index (χ4v) is 8.77. The Morgan fingerprint density at radius 2 is 1.56 bits per heavy atom. The summed E-state index contributed by atoms with van der Waals surface area (Å²) in [7, 11) is 0. The van der Waals surface area contributed by atoms with E-state index >= 15 is 4.79 Å². The summed E-state index contributed by atoms with van der Waals surface area (Å²) in [4.78, 5) is 47.5. The number of aromatic nitrogens is 1. The van der Waals surface area contributed by atoms with Gasteiger partial charge in [0.25, 0.3) is 11.8 Å². The zero-order valence-corrected chi connectivity index (χ0v) is 33.0. The lowest BCUT2D eigenvalue weighted by atomic mass is 9.66. The molecule has 320 valence electrons. The van der Waals surface area contributed by atoms with Crippen molar-refractivity contribution in [2.75, 3.05) is 19.6 Å². The summed E-state index contributed by atoms with van der Waals surface area (Å²) in [5.74, 6) is -2.17. The standard InChI is InChI=1S/C43H49F6N3O7/c1-3-9-34-41(59-30-15-13-29(14-16-30)42(44,45)46,20-8-25-52(34)36(53)35-32(43(47,48)49)11-6-24-50-35)37(54)51-26-22-40(57,23-27-51)31-10-4-5-12-33(31)58-28(2)17-21-39(38(55)56)18-7-19-39/h4-6,10-16,24,28,34,57H,3,7-9,17-23,25-27H2,1-2H3,(H,55,56). The van der Waals surface area contributed by atoms with Crippen LogP contribution < -0.4 is 9.47 Å². The molecule has 2 N–H and O–H groups in total. The van der Waals surface area contributed by atoms with E-state index in [9.17, 15) is 46.1 Å². The lowest BCUT2D eigenvalue weighted by Gasteiger charge is -2.51. The van der Waals surface area contributed by atoms with Crippen molar-refractivity contribution in [3.63, 3.8) is 0 Å². The third-order valence-corrected chi connectivity index (χ3v) is 12.2. The van der Waals surface area contributed by atoms with Crippen LogP contribution in [-0.2, 0) is 27.5 Å². The van der Waals surface area contributed by atoms with Crippen molar-refractivity contribution in [2.45, 2.75) is 120 Å². The molecule has 3 unspecified atom stereocenters. The van der Waals surface area contributed by atoms with E-state index in [1.165, 1.54) is 9.80 Å². The minimum atomic E-state index is -4.91. The molecule has 2 aliphatic heterocycles. The van der Waals surface area contributed by atoms with Crippen LogP contribution in [0.2, 0.25) is 0 Å². The van der Waals surface area contributed by atoms with E-state index in [1.54, 1.807) is 31.2 Å². The average Bonchev–Trinajstić information content (AvgIpc) is 3.17. The highest BCUT2D eigenvalue weighted by Gasteiger charge is 2.56. The summed E-state index contributed by atoms with van der Waals surface area (Å²) < 4.78 is 95.7. The fourth-order valence-electron chi connectivity index (χ4n) is 8.77. The molecule has 2 aromatic carbocycles. The predicted molar refractivity (Wildman–Crippen MR) is 202 cm³/mol. The van der Waals surface area contributed by atoms with Crippen molar-refractivity contribution in [3.05, 3.63) is 89.2 Å². The molecule has 1 aromatic heterocycles. The lowest BCUT2D eigenvalue weighted by molar-refractivity contribution is -0.163. The third kappa shape index (κ3) is 9.02. The average molecular weight is 834 g/mol. The van der Waals surface area contributed by atoms with E-state index in [0.29, 0.717) is 43.4 Å². The summed E-state index contributed by atoms with van der Waals surface area (Å²) in [5, 5.41) is 21.9. The summed E-state index contributed by atoms with van der Waals surface area (Å²) in [6, 6.07) is 11.4. The van der Waals surface area contributed by atoms with Crippen molar-refractivity contribution in [2.24, 2.45) is 5.41 Å². The number of alkyl halides is 6. The molecule has 1 aliphatic carbocycles. The second kappa shape index (κ2) is 17.0. The van der Waals surface area contributed by atoms with Gasteiger partial charge in [-0.2, -0.15) is 26.3 Å². The van der Waals surface area contributed by atoms with Gasteiger partial charge in [-0.05, 0) is 101 Å². The van der Waals surface area contributed by atoms with Crippen molar-refractivity contribution >= 4 is 17.8 Å². The van der Waals surface area contributed by atoms with E-state index in [-0.39, 0.29) is 63.6 Å². The van der Waals surface area contributed by atoms with Gasteiger partial charge in [0.05, 0.1) is 34.3 Å². The van der Waals surface area contributed by atoms with E-state index in [1.807, 2.05) is 6.92 Å². The quantitative estimate of drug-likeness (QED) is 0.164. The van der Waals surface area contributed by atoms with Crippen molar-refractivity contribution in [3.8, 4) is 11.5 Å². The van der Waals surface area contributed by atoms with Crippen LogP contribution in [-0.4, -0.2) is 80.2 Å². The smallest absolute Gasteiger partial charge is 0.418 e. The molecule has 0 bridgehead atoms. The van der Waals surface area contributed by atoms with Crippen LogP contribution in [0.1, 0.15) is 112 Å². The number of hydrogen-bond donors (Lipinski definition) is 2. The maximum absolute atomic E-state index is 15.1. The van der Waals surface area contributed by atoms with Gasteiger partial charge in [-0.25, -0.2) is 0 Å². The van der Waals surface area contributed by atoms with Crippen LogP contribution >= 0.6 is 0 Å². The summed E-state index contributed by atoms with van der Waals surface area (Å²) in [6.07, 6.45) is -5.19. The Kier molecular flexibility index (Phi) is 12.6. The first-order chi connectivity index (χ1) is 27.8. The van der Waals surface area contributed by atoms with Crippen LogP contribution in [0.4, 0.5) is 26.3 Å². The molecule has 0 spiro atoms. The zero-order valence-electron chi connectivity index (χ0n) is 33.0. The Hall–Kier alpha value is -4.86. The molecule has 10 nitrogen and oxygen atoms in total. The molecule has 3 aliphatic rings. The third-order valence-electron chi connectivity index (χ3n) is 12.2. The molecular formula is C43H49F6N3O7. The Balaban J connectivity index is 1.28. The monoisotopic (exact) mass is 833 g/mol. The summed E-state index contributed by atoms with van der Waals surface area (Å²) >= 11 is 0. The lowest BCUT2D eigenvalue weighted by Crippen LogP contribution is -2.68. The number of amides is 2. The second-order valence-electron chi connectivity index (χ2n) is 16.0. The van der Waals surface area contributed by atoms with Gasteiger partial charge in [0.15, 0.2) is 0 Å². The number of nitrogens with zero attached hydrogens (tertiary/aromatic N) is 3. The minimum absolute atomic E-state index is 0.00581. The first kappa shape index (κ1) is 43.7. The summed E-state index contributed by atoms with van der Waals surface area (Å²) in [6.45, 7) is 3.56. The number of aliphatic hydroxyl groups is 1. The van der Waals surface area contributed by atoms with Gasteiger partial charge in [-0.15, -0.1) is 0 Å². The zero-order chi connectivity index (χ0) is 42.8. The highest BCUT2D eigenvalue weighted by atomic mass is 19.4. The predicted octanol–water partition coefficient (Wildman–Crippen LogP) is 8.65. The van der Waals surface area contributed by atoms with E-state index in [0.717, 1.165) is 49.0 Å². The number of carboxylic acid groups (broad SMARTS) is 1. The Labute approximate surface area is 338 Å². The fraction of sp³-hybridized carbons (Fsp3) is 0.535. The number of carbonyl (C=O) groups is 3. The first-order valence-corrected chi connectivity index (χ1v) is 20.0. The number of para-hydroxylation sites is 1. The molecule has 16 heteroatoms. The molecule has 2 saturated heterocycles. The van der Waals surface area contributed by atoms with E-state index in [4.69, 9.17) is 9.47 Å². The van der Waals surface area contributed by atoms with Gasteiger partial charge in [0.2, 0.25) is 5.60 Å². The minimum Gasteiger partial charge on any atom is -0.490 e. The number of aliphatic carboxylic acids is 1. The van der Waals surface area contributed by atoms with Crippen LogP contribution in [0.15, 0.2) is 66.9 Å². The number of carboxylic acids is 1. The van der Waals surface area contributed by atoms with Gasteiger partial charge in [0, 0.05) is 37.8 Å². The second-order valence-corrected chi connectivity index (χ2v) is 16.0.